The average Bonchev–Trinajstić information content (AvgIpc) is 2.92. The van der Waals surface area contributed by atoms with E-state index in [1.54, 1.807) is 0 Å². The van der Waals surface area contributed by atoms with Gasteiger partial charge in [-0.3, -0.25) is 9.20 Å². The summed E-state index contributed by atoms with van der Waals surface area (Å²) in [5.74, 6) is 0.249. The number of hydrogen-bond donors (Lipinski definition) is 1. The van der Waals surface area contributed by atoms with Crippen molar-refractivity contribution in [2.45, 2.75) is 19.0 Å². The van der Waals surface area contributed by atoms with Crippen molar-refractivity contribution in [1.82, 2.24) is 14.6 Å². The lowest BCUT2D eigenvalue weighted by atomic mass is 10.1. The van der Waals surface area contributed by atoms with E-state index in [-0.39, 0.29) is 5.91 Å². The fourth-order valence-electron chi connectivity index (χ4n) is 2.24. The molecule has 1 amide bonds. The van der Waals surface area contributed by atoms with Crippen LogP contribution in [0, 0.1) is 13.8 Å². The molecule has 1 aromatic carbocycles. The summed E-state index contributed by atoms with van der Waals surface area (Å²) >= 11 is 1.37. The minimum Gasteiger partial charge on any atom is -0.325 e. The molecule has 1 N–H and O–H groups in total. The topological polar surface area (TPSA) is 59.3 Å². The van der Waals surface area contributed by atoms with Crippen LogP contribution in [0.5, 0.6) is 0 Å². The van der Waals surface area contributed by atoms with Gasteiger partial charge in [0.2, 0.25) is 5.91 Å². The number of carbonyl (C=O) groups is 1. The van der Waals surface area contributed by atoms with Gasteiger partial charge in [0.15, 0.2) is 10.8 Å². The Bertz CT molecular complexity index is 808. The number of anilines is 1. The Morgan fingerprint density at radius 3 is 2.68 bits per heavy atom. The van der Waals surface area contributed by atoms with E-state index >= 15 is 0 Å². The SMILES string of the molecule is Cc1cccc(C)c1NC(=O)CSc1nnc2ccccn12. The molecule has 0 saturated heterocycles. The van der Waals surface area contributed by atoms with Crippen LogP contribution < -0.4 is 5.32 Å². The van der Waals surface area contributed by atoms with Gasteiger partial charge in [-0.05, 0) is 37.1 Å². The van der Waals surface area contributed by atoms with Gasteiger partial charge < -0.3 is 5.32 Å². The van der Waals surface area contributed by atoms with E-state index in [4.69, 9.17) is 0 Å². The molecule has 0 fully saturated rings. The monoisotopic (exact) mass is 312 g/mol. The van der Waals surface area contributed by atoms with Gasteiger partial charge in [0.25, 0.3) is 0 Å². The van der Waals surface area contributed by atoms with Crippen molar-refractivity contribution < 1.29 is 4.79 Å². The van der Waals surface area contributed by atoms with E-state index in [9.17, 15) is 4.79 Å². The summed E-state index contributed by atoms with van der Waals surface area (Å²) in [6.07, 6.45) is 1.89. The van der Waals surface area contributed by atoms with Crippen molar-refractivity contribution in [3.8, 4) is 0 Å². The first-order chi connectivity index (χ1) is 10.6. The Labute approximate surface area is 132 Å². The Morgan fingerprint density at radius 2 is 1.91 bits per heavy atom. The normalized spacial score (nSPS) is 10.8. The maximum atomic E-state index is 12.2. The molecule has 3 aromatic rings. The minimum atomic E-state index is -0.0462. The molecule has 0 saturated carbocycles. The Morgan fingerprint density at radius 1 is 1.14 bits per heavy atom. The van der Waals surface area contributed by atoms with Gasteiger partial charge >= 0.3 is 0 Å². The molecule has 112 valence electrons. The summed E-state index contributed by atoms with van der Waals surface area (Å²) in [7, 11) is 0. The minimum absolute atomic E-state index is 0.0462. The third-order valence-electron chi connectivity index (χ3n) is 3.36. The molecule has 0 unspecified atom stereocenters. The van der Waals surface area contributed by atoms with Crippen molar-refractivity contribution in [1.29, 1.82) is 0 Å². The molecular formula is C16H16N4OS. The molecular weight excluding hydrogens is 296 g/mol. The first-order valence-electron chi connectivity index (χ1n) is 6.94. The molecule has 0 spiro atoms. The molecule has 0 aliphatic rings. The molecule has 2 aromatic heterocycles. The lowest BCUT2D eigenvalue weighted by Crippen LogP contribution is -2.16. The lowest BCUT2D eigenvalue weighted by Gasteiger charge is -2.10. The highest BCUT2D eigenvalue weighted by molar-refractivity contribution is 7.99. The summed E-state index contributed by atoms with van der Waals surface area (Å²) in [6.45, 7) is 3.98. The lowest BCUT2D eigenvalue weighted by molar-refractivity contribution is -0.113. The third kappa shape index (κ3) is 2.96. The molecule has 3 rings (SSSR count). The zero-order chi connectivity index (χ0) is 15.5. The molecule has 5 nitrogen and oxygen atoms in total. The van der Waals surface area contributed by atoms with Crippen molar-refractivity contribution in [3.63, 3.8) is 0 Å². The summed E-state index contributed by atoms with van der Waals surface area (Å²) in [4.78, 5) is 12.2. The number of pyridine rings is 1. The maximum absolute atomic E-state index is 12.2. The largest absolute Gasteiger partial charge is 0.325 e. The highest BCUT2D eigenvalue weighted by Gasteiger charge is 2.10. The Hall–Kier alpha value is -2.34. The maximum Gasteiger partial charge on any atom is 0.234 e. The smallest absolute Gasteiger partial charge is 0.234 e. The highest BCUT2D eigenvalue weighted by atomic mass is 32.2. The number of thioether (sulfide) groups is 1. The van der Waals surface area contributed by atoms with Crippen molar-refractivity contribution >= 4 is 29.0 Å². The van der Waals surface area contributed by atoms with E-state index < -0.39 is 0 Å². The molecule has 2 heterocycles. The number of fused-ring (bicyclic) bond motifs is 1. The standard InChI is InChI=1S/C16H16N4OS/c1-11-6-5-7-12(2)15(11)17-14(21)10-22-16-19-18-13-8-3-4-9-20(13)16/h3-9H,10H2,1-2H3,(H,17,21). The van der Waals surface area contributed by atoms with Crippen LogP contribution in [0.3, 0.4) is 0 Å². The van der Waals surface area contributed by atoms with E-state index in [1.807, 2.05) is 60.8 Å². The summed E-state index contributed by atoms with van der Waals surface area (Å²) in [6, 6.07) is 11.7. The number of benzene rings is 1. The second kappa shape index (κ2) is 6.19. The number of aromatic nitrogens is 3. The van der Waals surface area contributed by atoms with Crippen molar-refractivity contribution in [2.24, 2.45) is 0 Å². The average molecular weight is 312 g/mol. The van der Waals surface area contributed by atoms with Gasteiger partial charge in [0.05, 0.1) is 5.75 Å². The van der Waals surface area contributed by atoms with Crippen molar-refractivity contribution in [3.05, 3.63) is 53.7 Å². The number of para-hydroxylation sites is 1. The molecule has 22 heavy (non-hydrogen) atoms. The Kier molecular flexibility index (Phi) is 4.11. The van der Waals surface area contributed by atoms with Crippen LogP contribution in [0.2, 0.25) is 0 Å². The summed E-state index contributed by atoms with van der Waals surface area (Å²) < 4.78 is 1.87. The number of nitrogens with one attached hydrogen (secondary N) is 1. The van der Waals surface area contributed by atoms with Crippen LogP contribution in [0.1, 0.15) is 11.1 Å². The molecule has 0 aliphatic heterocycles. The van der Waals surface area contributed by atoms with E-state index in [1.165, 1.54) is 11.8 Å². The second-order valence-electron chi connectivity index (χ2n) is 5.02. The molecule has 0 radical (unpaired) electrons. The molecule has 0 aliphatic carbocycles. The first-order valence-corrected chi connectivity index (χ1v) is 7.92. The number of hydrogen-bond acceptors (Lipinski definition) is 4. The number of carbonyl (C=O) groups excluding carboxylic acids is 1. The fourth-order valence-corrected chi connectivity index (χ4v) is 2.96. The van der Waals surface area contributed by atoms with Gasteiger partial charge in [0, 0.05) is 11.9 Å². The summed E-state index contributed by atoms with van der Waals surface area (Å²) in [5, 5.41) is 11.9. The van der Waals surface area contributed by atoms with Crippen LogP contribution in [-0.4, -0.2) is 26.3 Å². The van der Waals surface area contributed by atoms with Crippen molar-refractivity contribution in [2.75, 3.05) is 11.1 Å². The number of rotatable bonds is 4. The highest BCUT2D eigenvalue weighted by Crippen LogP contribution is 2.21. The van der Waals surface area contributed by atoms with Crippen LogP contribution in [0.4, 0.5) is 5.69 Å². The van der Waals surface area contributed by atoms with E-state index in [0.717, 1.165) is 22.5 Å². The second-order valence-corrected chi connectivity index (χ2v) is 5.96. The molecule has 6 heteroatoms. The van der Waals surface area contributed by atoms with Crippen LogP contribution in [0.25, 0.3) is 5.65 Å². The van der Waals surface area contributed by atoms with Gasteiger partial charge in [-0.1, -0.05) is 36.0 Å². The van der Waals surface area contributed by atoms with Gasteiger partial charge in [-0.2, -0.15) is 0 Å². The molecule has 0 bridgehead atoms. The zero-order valence-electron chi connectivity index (χ0n) is 12.4. The van der Waals surface area contributed by atoms with E-state index in [2.05, 4.69) is 15.5 Å². The van der Waals surface area contributed by atoms with Crippen LogP contribution in [0.15, 0.2) is 47.8 Å². The number of aryl methyl sites for hydroxylation is 2. The van der Waals surface area contributed by atoms with Crippen LogP contribution >= 0.6 is 11.8 Å². The summed E-state index contributed by atoms with van der Waals surface area (Å²) in [5.41, 5.74) is 3.79. The molecule has 0 atom stereocenters. The van der Waals surface area contributed by atoms with Gasteiger partial charge in [-0.15, -0.1) is 10.2 Å². The quantitative estimate of drug-likeness (QED) is 0.752. The zero-order valence-corrected chi connectivity index (χ0v) is 13.2. The van der Waals surface area contributed by atoms with E-state index in [0.29, 0.717) is 10.9 Å². The predicted molar refractivity (Wildman–Crippen MR) is 88.3 cm³/mol. The Balaban J connectivity index is 1.68. The number of nitrogens with zero attached hydrogens (tertiary/aromatic N) is 3. The predicted octanol–water partition coefficient (Wildman–Crippen LogP) is 3.08. The van der Waals surface area contributed by atoms with Crippen LogP contribution in [-0.2, 0) is 4.79 Å². The third-order valence-corrected chi connectivity index (χ3v) is 4.30. The first kappa shape index (κ1) is 14.6. The number of amides is 1. The van der Waals surface area contributed by atoms with Gasteiger partial charge in [-0.25, -0.2) is 0 Å². The van der Waals surface area contributed by atoms with Gasteiger partial charge in [0.1, 0.15) is 0 Å². The fraction of sp³-hybridized carbons (Fsp3) is 0.188.